The quantitative estimate of drug-likeness (QED) is 0.636. The number of rotatable bonds is 1. The summed E-state index contributed by atoms with van der Waals surface area (Å²) in [7, 11) is 0. The highest BCUT2D eigenvalue weighted by Gasteiger charge is 2.32. The van der Waals surface area contributed by atoms with Crippen LogP contribution in [0.3, 0.4) is 0 Å². The van der Waals surface area contributed by atoms with Crippen molar-refractivity contribution in [2.24, 2.45) is 0 Å². The van der Waals surface area contributed by atoms with Crippen molar-refractivity contribution < 1.29 is 4.42 Å². The van der Waals surface area contributed by atoms with E-state index in [1.807, 2.05) is 12.3 Å². The third-order valence-electron chi connectivity index (χ3n) is 2.72. The summed E-state index contributed by atoms with van der Waals surface area (Å²) >= 11 is 0. The highest BCUT2D eigenvalue weighted by Crippen LogP contribution is 2.33. The molecule has 0 aliphatic carbocycles. The zero-order valence-corrected chi connectivity index (χ0v) is 7.71. The Morgan fingerprint density at radius 3 is 2.83 bits per heavy atom. The molecular weight excluding hydrogens is 150 g/mol. The molecule has 0 amide bonds. The Kier molecular flexibility index (Phi) is 1.63. The molecule has 2 rings (SSSR count). The van der Waals surface area contributed by atoms with Crippen LogP contribution in [-0.2, 0) is 0 Å². The molecule has 1 fully saturated rings. The number of furan rings is 1. The standard InChI is InChI=1S/C10H15NO/c1-10(2)5-3-6-11(10)9-4-7-12-8-9/h4,7-8H,3,5-6H2,1-2H3. The Morgan fingerprint density at radius 1 is 1.50 bits per heavy atom. The smallest absolute Gasteiger partial charge is 0.114 e. The number of anilines is 1. The van der Waals surface area contributed by atoms with Crippen LogP contribution in [0, 0.1) is 0 Å². The highest BCUT2D eigenvalue weighted by atomic mass is 16.3. The van der Waals surface area contributed by atoms with Crippen LogP contribution in [0.25, 0.3) is 0 Å². The Bertz CT molecular complexity index is 251. The molecule has 0 spiro atoms. The third kappa shape index (κ3) is 1.11. The molecule has 2 heteroatoms. The zero-order chi connectivity index (χ0) is 8.60. The summed E-state index contributed by atoms with van der Waals surface area (Å²) in [6.45, 7) is 5.73. The van der Waals surface area contributed by atoms with Gasteiger partial charge in [0, 0.05) is 12.1 Å². The van der Waals surface area contributed by atoms with Gasteiger partial charge in [-0.05, 0) is 32.8 Å². The van der Waals surface area contributed by atoms with E-state index in [1.54, 1.807) is 6.26 Å². The summed E-state index contributed by atoms with van der Waals surface area (Å²) in [4.78, 5) is 2.41. The molecule has 12 heavy (non-hydrogen) atoms. The maximum absolute atomic E-state index is 5.08. The monoisotopic (exact) mass is 165 g/mol. The molecule has 66 valence electrons. The third-order valence-corrected chi connectivity index (χ3v) is 2.72. The summed E-state index contributed by atoms with van der Waals surface area (Å²) in [5.74, 6) is 0. The molecule has 0 radical (unpaired) electrons. The van der Waals surface area contributed by atoms with E-state index in [-0.39, 0.29) is 0 Å². The maximum atomic E-state index is 5.08. The van der Waals surface area contributed by atoms with Crippen LogP contribution in [0.4, 0.5) is 5.69 Å². The van der Waals surface area contributed by atoms with Crippen molar-refractivity contribution >= 4 is 5.69 Å². The topological polar surface area (TPSA) is 16.4 Å². The Labute approximate surface area is 73.2 Å². The molecule has 0 aromatic carbocycles. The molecule has 1 saturated heterocycles. The van der Waals surface area contributed by atoms with E-state index in [9.17, 15) is 0 Å². The lowest BCUT2D eigenvalue weighted by Gasteiger charge is -2.32. The SMILES string of the molecule is CC1(C)CCCN1c1ccoc1. The predicted octanol–water partition coefficient (Wildman–Crippen LogP) is 2.66. The van der Waals surface area contributed by atoms with Crippen LogP contribution in [0.5, 0.6) is 0 Å². The van der Waals surface area contributed by atoms with Crippen molar-refractivity contribution in [1.82, 2.24) is 0 Å². The van der Waals surface area contributed by atoms with Crippen molar-refractivity contribution in [1.29, 1.82) is 0 Å². The molecule has 0 N–H and O–H groups in total. The van der Waals surface area contributed by atoms with Gasteiger partial charge in [-0.1, -0.05) is 0 Å². The van der Waals surface area contributed by atoms with Crippen LogP contribution in [0.15, 0.2) is 23.0 Å². The maximum Gasteiger partial charge on any atom is 0.114 e. The Hall–Kier alpha value is -0.920. The van der Waals surface area contributed by atoms with Crippen LogP contribution in [0.1, 0.15) is 26.7 Å². The minimum Gasteiger partial charge on any atom is -0.470 e. The number of nitrogens with zero attached hydrogens (tertiary/aromatic N) is 1. The first-order chi connectivity index (χ1) is 5.70. The van der Waals surface area contributed by atoms with Crippen molar-refractivity contribution in [3.8, 4) is 0 Å². The van der Waals surface area contributed by atoms with Crippen LogP contribution in [-0.4, -0.2) is 12.1 Å². The lowest BCUT2D eigenvalue weighted by atomic mass is 10.0. The van der Waals surface area contributed by atoms with E-state index in [1.165, 1.54) is 18.5 Å². The zero-order valence-electron chi connectivity index (χ0n) is 7.71. The van der Waals surface area contributed by atoms with Crippen molar-refractivity contribution in [3.05, 3.63) is 18.6 Å². The molecule has 1 aromatic heterocycles. The van der Waals surface area contributed by atoms with E-state index in [0.29, 0.717) is 5.54 Å². The van der Waals surface area contributed by atoms with Crippen LogP contribution < -0.4 is 4.90 Å². The van der Waals surface area contributed by atoms with E-state index in [4.69, 9.17) is 4.42 Å². The molecule has 0 unspecified atom stereocenters. The van der Waals surface area contributed by atoms with Crippen molar-refractivity contribution in [2.45, 2.75) is 32.2 Å². The van der Waals surface area contributed by atoms with Gasteiger partial charge in [0.15, 0.2) is 0 Å². The largest absolute Gasteiger partial charge is 0.470 e. The Morgan fingerprint density at radius 2 is 2.33 bits per heavy atom. The average molecular weight is 165 g/mol. The lowest BCUT2D eigenvalue weighted by Crippen LogP contribution is -2.37. The highest BCUT2D eigenvalue weighted by molar-refractivity contribution is 5.47. The molecule has 2 heterocycles. The van der Waals surface area contributed by atoms with Gasteiger partial charge in [0.2, 0.25) is 0 Å². The van der Waals surface area contributed by atoms with E-state index < -0.39 is 0 Å². The number of hydrogen-bond acceptors (Lipinski definition) is 2. The summed E-state index contributed by atoms with van der Waals surface area (Å²) in [6.07, 6.45) is 6.13. The van der Waals surface area contributed by atoms with Crippen LogP contribution in [0.2, 0.25) is 0 Å². The van der Waals surface area contributed by atoms with Gasteiger partial charge < -0.3 is 9.32 Å². The second-order valence-electron chi connectivity index (χ2n) is 4.05. The minimum absolute atomic E-state index is 0.309. The molecule has 0 atom stereocenters. The minimum atomic E-state index is 0.309. The van der Waals surface area contributed by atoms with Crippen LogP contribution >= 0.6 is 0 Å². The second kappa shape index (κ2) is 2.54. The van der Waals surface area contributed by atoms with E-state index >= 15 is 0 Å². The van der Waals surface area contributed by atoms with E-state index in [0.717, 1.165) is 6.54 Å². The fraction of sp³-hybridized carbons (Fsp3) is 0.600. The first-order valence-corrected chi connectivity index (χ1v) is 4.50. The first kappa shape index (κ1) is 7.71. The fourth-order valence-electron chi connectivity index (χ4n) is 2.00. The summed E-state index contributed by atoms with van der Waals surface area (Å²) in [5.41, 5.74) is 1.53. The van der Waals surface area contributed by atoms with Gasteiger partial charge in [-0.2, -0.15) is 0 Å². The molecular formula is C10H15NO. The average Bonchev–Trinajstić information content (AvgIpc) is 2.55. The fourth-order valence-corrected chi connectivity index (χ4v) is 2.00. The summed E-state index contributed by atoms with van der Waals surface area (Å²) in [6, 6.07) is 2.03. The molecule has 1 aromatic rings. The number of hydrogen-bond donors (Lipinski definition) is 0. The predicted molar refractivity (Wildman–Crippen MR) is 49.4 cm³/mol. The van der Waals surface area contributed by atoms with Gasteiger partial charge >= 0.3 is 0 Å². The Balaban J connectivity index is 2.25. The lowest BCUT2D eigenvalue weighted by molar-refractivity contribution is 0.512. The summed E-state index contributed by atoms with van der Waals surface area (Å²) < 4.78 is 5.08. The van der Waals surface area contributed by atoms with Gasteiger partial charge in [-0.25, -0.2) is 0 Å². The molecule has 2 nitrogen and oxygen atoms in total. The molecule has 0 saturated carbocycles. The molecule has 1 aliphatic rings. The molecule has 0 bridgehead atoms. The summed E-state index contributed by atoms with van der Waals surface area (Å²) in [5, 5.41) is 0. The normalized spacial score (nSPS) is 21.7. The van der Waals surface area contributed by atoms with Gasteiger partial charge in [-0.15, -0.1) is 0 Å². The first-order valence-electron chi connectivity index (χ1n) is 4.50. The van der Waals surface area contributed by atoms with Gasteiger partial charge in [0.25, 0.3) is 0 Å². The van der Waals surface area contributed by atoms with Gasteiger partial charge in [-0.3, -0.25) is 0 Å². The van der Waals surface area contributed by atoms with Crippen molar-refractivity contribution in [3.63, 3.8) is 0 Å². The van der Waals surface area contributed by atoms with Gasteiger partial charge in [0.05, 0.1) is 12.0 Å². The van der Waals surface area contributed by atoms with Crippen molar-refractivity contribution in [2.75, 3.05) is 11.4 Å². The van der Waals surface area contributed by atoms with Gasteiger partial charge in [0.1, 0.15) is 6.26 Å². The second-order valence-corrected chi connectivity index (χ2v) is 4.05. The van der Waals surface area contributed by atoms with E-state index in [2.05, 4.69) is 18.7 Å². The molecule has 1 aliphatic heterocycles.